The number of hydrogen-bond acceptors (Lipinski definition) is 6. The molecular weight excluding hydrogens is 418 g/mol. The molecule has 2 aromatic carbocycles. The molecule has 160 valence electrons. The van der Waals surface area contributed by atoms with Crippen LogP contribution in [-0.2, 0) is 11.3 Å². The predicted octanol–water partition coefficient (Wildman–Crippen LogP) is 3.94. The molecule has 0 aliphatic rings. The van der Waals surface area contributed by atoms with E-state index in [-0.39, 0.29) is 23.7 Å². The van der Waals surface area contributed by atoms with Crippen molar-refractivity contribution in [3.8, 4) is 5.75 Å². The van der Waals surface area contributed by atoms with Crippen LogP contribution < -0.4 is 15.0 Å². The van der Waals surface area contributed by atoms with Gasteiger partial charge in [0.15, 0.2) is 0 Å². The van der Waals surface area contributed by atoms with E-state index in [4.69, 9.17) is 4.74 Å². The first kappa shape index (κ1) is 22.0. The number of methoxy groups -OCH3 is 1. The van der Waals surface area contributed by atoms with Crippen LogP contribution in [-0.4, -0.2) is 30.4 Å². The highest BCUT2D eigenvalue weighted by Crippen LogP contribution is 2.23. The van der Waals surface area contributed by atoms with E-state index in [2.05, 4.69) is 5.32 Å². The fourth-order valence-electron chi connectivity index (χ4n) is 3.00. The molecule has 0 unspecified atom stereocenters. The number of benzene rings is 2. The van der Waals surface area contributed by atoms with Gasteiger partial charge in [-0.05, 0) is 54.8 Å². The maximum Gasteiger partial charge on any atom is 0.272 e. The van der Waals surface area contributed by atoms with Gasteiger partial charge in [0.1, 0.15) is 5.75 Å². The van der Waals surface area contributed by atoms with Crippen LogP contribution in [0.3, 0.4) is 0 Å². The van der Waals surface area contributed by atoms with Crippen LogP contribution in [0.1, 0.15) is 20.8 Å². The molecule has 3 rings (SSSR count). The first-order valence-electron chi connectivity index (χ1n) is 9.39. The molecule has 0 fully saturated rings. The Kier molecular flexibility index (Phi) is 6.99. The third-order valence-electron chi connectivity index (χ3n) is 4.64. The van der Waals surface area contributed by atoms with Gasteiger partial charge in [0.2, 0.25) is 5.91 Å². The van der Waals surface area contributed by atoms with Gasteiger partial charge in [-0.1, -0.05) is 6.07 Å². The maximum atomic E-state index is 13.0. The van der Waals surface area contributed by atoms with Crippen molar-refractivity contribution in [3.63, 3.8) is 0 Å². The third kappa shape index (κ3) is 5.46. The first-order valence-corrected chi connectivity index (χ1v) is 10.3. The summed E-state index contributed by atoms with van der Waals surface area (Å²) in [6.07, 6.45) is 0. The van der Waals surface area contributed by atoms with E-state index >= 15 is 0 Å². The molecule has 8 nitrogen and oxygen atoms in total. The van der Waals surface area contributed by atoms with Crippen molar-refractivity contribution in [2.45, 2.75) is 13.5 Å². The number of ether oxygens (including phenoxy) is 1. The zero-order chi connectivity index (χ0) is 22.4. The number of nitrogens with zero attached hydrogens (tertiary/aromatic N) is 2. The summed E-state index contributed by atoms with van der Waals surface area (Å²) in [5.41, 5.74) is 1.25. The molecule has 1 heterocycles. The standard InChI is InChI=1S/C22H21N3O5S/c1-15-12-16(5-10-20(15)25(28)29)22(27)23-13-21(26)24(14-19-4-3-11-31-19)17-6-8-18(30-2)9-7-17/h3-12H,13-14H2,1-2H3,(H,23,27). The molecule has 0 aliphatic heterocycles. The Morgan fingerprint density at radius 2 is 1.90 bits per heavy atom. The van der Waals surface area contributed by atoms with Gasteiger partial charge in [0.25, 0.3) is 11.6 Å². The van der Waals surface area contributed by atoms with Gasteiger partial charge < -0.3 is 15.0 Å². The topological polar surface area (TPSA) is 102 Å². The van der Waals surface area contributed by atoms with Gasteiger partial charge in [-0.25, -0.2) is 0 Å². The number of carbonyl (C=O) groups is 2. The Hall–Kier alpha value is -3.72. The zero-order valence-electron chi connectivity index (χ0n) is 17.0. The van der Waals surface area contributed by atoms with Crippen LogP contribution in [0.5, 0.6) is 5.75 Å². The average molecular weight is 439 g/mol. The number of carbonyl (C=O) groups excluding carboxylic acids is 2. The molecule has 0 atom stereocenters. The Morgan fingerprint density at radius 1 is 1.16 bits per heavy atom. The van der Waals surface area contributed by atoms with E-state index in [0.29, 0.717) is 23.5 Å². The number of nitrogens with one attached hydrogen (secondary N) is 1. The lowest BCUT2D eigenvalue weighted by molar-refractivity contribution is -0.385. The Morgan fingerprint density at radius 3 is 2.48 bits per heavy atom. The predicted molar refractivity (Wildman–Crippen MR) is 119 cm³/mol. The van der Waals surface area contributed by atoms with Crippen LogP contribution in [0.4, 0.5) is 11.4 Å². The fraction of sp³-hybridized carbons (Fsp3) is 0.182. The SMILES string of the molecule is COc1ccc(N(Cc2cccs2)C(=O)CNC(=O)c2ccc([N+](=O)[O-])c(C)c2)cc1. The van der Waals surface area contributed by atoms with Crippen LogP contribution in [0.2, 0.25) is 0 Å². The maximum absolute atomic E-state index is 13.0. The van der Waals surface area contributed by atoms with Crippen LogP contribution in [0.25, 0.3) is 0 Å². The Labute approximate surface area is 183 Å². The second-order valence-electron chi connectivity index (χ2n) is 6.70. The molecule has 0 radical (unpaired) electrons. The lowest BCUT2D eigenvalue weighted by Gasteiger charge is -2.23. The molecule has 0 spiro atoms. The summed E-state index contributed by atoms with van der Waals surface area (Å²) in [7, 11) is 1.57. The molecule has 1 aromatic heterocycles. The minimum absolute atomic E-state index is 0.0609. The average Bonchev–Trinajstić information content (AvgIpc) is 3.28. The van der Waals surface area contributed by atoms with E-state index in [9.17, 15) is 19.7 Å². The van der Waals surface area contributed by atoms with Crippen molar-refractivity contribution >= 4 is 34.5 Å². The molecule has 0 aliphatic carbocycles. The van der Waals surface area contributed by atoms with Crippen LogP contribution in [0.15, 0.2) is 60.0 Å². The third-order valence-corrected chi connectivity index (χ3v) is 5.50. The van der Waals surface area contributed by atoms with Crippen molar-refractivity contribution in [2.75, 3.05) is 18.6 Å². The van der Waals surface area contributed by atoms with Gasteiger partial charge >= 0.3 is 0 Å². The van der Waals surface area contributed by atoms with E-state index < -0.39 is 10.8 Å². The summed E-state index contributed by atoms with van der Waals surface area (Å²) in [5, 5.41) is 15.5. The highest BCUT2D eigenvalue weighted by atomic mass is 32.1. The molecule has 31 heavy (non-hydrogen) atoms. The largest absolute Gasteiger partial charge is 0.497 e. The second-order valence-corrected chi connectivity index (χ2v) is 7.73. The molecule has 1 N–H and O–H groups in total. The molecule has 0 bridgehead atoms. The first-order chi connectivity index (χ1) is 14.9. The molecule has 9 heteroatoms. The molecule has 0 saturated heterocycles. The number of nitro groups is 1. The number of rotatable bonds is 8. The zero-order valence-corrected chi connectivity index (χ0v) is 17.8. The van der Waals surface area contributed by atoms with E-state index in [0.717, 1.165) is 4.88 Å². The summed E-state index contributed by atoms with van der Waals surface area (Å²) in [6.45, 7) is 1.72. The summed E-state index contributed by atoms with van der Waals surface area (Å²) < 4.78 is 5.18. The summed E-state index contributed by atoms with van der Waals surface area (Å²) in [5.74, 6) is -0.0863. The molecular formula is C22H21N3O5S. The lowest BCUT2D eigenvalue weighted by atomic mass is 10.1. The van der Waals surface area contributed by atoms with E-state index in [1.54, 1.807) is 43.2 Å². The Bertz CT molecular complexity index is 1080. The lowest BCUT2D eigenvalue weighted by Crippen LogP contribution is -2.40. The monoisotopic (exact) mass is 439 g/mol. The smallest absolute Gasteiger partial charge is 0.272 e. The normalized spacial score (nSPS) is 10.4. The van der Waals surface area contributed by atoms with Crippen molar-refractivity contribution < 1.29 is 19.2 Å². The number of amides is 2. The molecule has 3 aromatic rings. The second kappa shape index (κ2) is 9.86. The minimum atomic E-state index is -0.502. The summed E-state index contributed by atoms with van der Waals surface area (Å²) in [4.78, 5) is 38.5. The van der Waals surface area contributed by atoms with E-state index in [1.165, 1.54) is 29.5 Å². The Balaban J connectivity index is 1.72. The molecule has 0 saturated carbocycles. The molecule has 2 amide bonds. The number of hydrogen-bond donors (Lipinski definition) is 1. The number of thiophene rings is 1. The van der Waals surface area contributed by atoms with Gasteiger partial charge in [0, 0.05) is 27.8 Å². The van der Waals surface area contributed by atoms with Crippen molar-refractivity contribution in [3.05, 3.63) is 86.1 Å². The van der Waals surface area contributed by atoms with Crippen molar-refractivity contribution in [1.82, 2.24) is 5.32 Å². The number of aryl methyl sites for hydroxylation is 1. The van der Waals surface area contributed by atoms with Gasteiger partial charge in [0.05, 0.1) is 25.1 Å². The van der Waals surface area contributed by atoms with Crippen molar-refractivity contribution in [1.29, 1.82) is 0 Å². The van der Waals surface area contributed by atoms with Crippen LogP contribution >= 0.6 is 11.3 Å². The minimum Gasteiger partial charge on any atom is -0.497 e. The number of nitro benzene ring substituents is 1. The van der Waals surface area contributed by atoms with E-state index in [1.807, 2.05) is 17.5 Å². The summed E-state index contributed by atoms with van der Waals surface area (Å²) >= 11 is 1.54. The fourth-order valence-corrected chi connectivity index (χ4v) is 3.69. The number of anilines is 1. The van der Waals surface area contributed by atoms with Gasteiger partial charge in [-0.2, -0.15) is 0 Å². The highest BCUT2D eigenvalue weighted by molar-refractivity contribution is 7.09. The van der Waals surface area contributed by atoms with Crippen LogP contribution in [0, 0.1) is 17.0 Å². The van der Waals surface area contributed by atoms with Gasteiger partial charge in [-0.15, -0.1) is 11.3 Å². The highest BCUT2D eigenvalue weighted by Gasteiger charge is 2.19. The van der Waals surface area contributed by atoms with Crippen molar-refractivity contribution in [2.24, 2.45) is 0 Å². The summed E-state index contributed by atoms with van der Waals surface area (Å²) in [6, 6.07) is 15.0. The van der Waals surface area contributed by atoms with Gasteiger partial charge in [-0.3, -0.25) is 19.7 Å². The quantitative estimate of drug-likeness (QED) is 0.423.